The maximum Gasteiger partial charge on any atom is 0.416 e. The first-order valence-corrected chi connectivity index (χ1v) is 11.3. The molecule has 1 fully saturated rings. The second kappa shape index (κ2) is 9.29. The number of carboxylic acid groups (broad SMARTS) is 1. The Hall–Kier alpha value is -3.07. The minimum absolute atomic E-state index is 0.00324. The number of rotatable bonds is 8. The number of nitrogens with zero attached hydrogens (tertiary/aromatic N) is 1. The number of halogens is 3. The molecule has 1 amide bonds. The van der Waals surface area contributed by atoms with Gasteiger partial charge in [0, 0.05) is 12.2 Å². The van der Waals surface area contributed by atoms with E-state index in [0.717, 1.165) is 24.0 Å². The van der Waals surface area contributed by atoms with Crippen LogP contribution < -0.4 is 15.0 Å². The van der Waals surface area contributed by atoms with Crippen molar-refractivity contribution in [1.29, 1.82) is 0 Å². The highest BCUT2D eigenvalue weighted by Gasteiger charge is 2.38. The van der Waals surface area contributed by atoms with Crippen molar-refractivity contribution < 1.29 is 32.6 Å². The number of hydrogen-bond acceptors (Lipinski definition) is 4. The molecule has 2 aromatic carbocycles. The van der Waals surface area contributed by atoms with Gasteiger partial charge in [-0.15, -0.1) is 0 Å². The predicted octanol–water partition coefficient (Wildman–Crippen LogP) is 4.42. The van der Waals surface area contributed by atoms with Crippen molar-refractivity contribution in [2.45, 2.75) is 57.3 Å². The molecule has 1 heterocycles. The fourth-order valence-electron chi connectivity index (χ4n) is 4.54. The van der Waals surface area contributed by atoms with Gasteiger partial charge in [-0.25, -0.2) is 0 Å². The molecule has 6 nitrogen and oxygen atoms in total. The average molecular weight is 476 g/mol. The molecule has 1 saturated carbocycles. The lowest BCUT2D eigenvalue weighted by Crippen LogP contribution is -2.45. The number of ether oxygens (including phenoxy) is 1. The number of alkyl halides is 3. The molecule has 0 unspecified atom stereocenters. The molecule has 34 heavy (non-hydrogen) atoms. The number of carbonyl (C=O) groups excluding carboxylic acids is 1. The van der Waals surface area contributed by atoms with E-state index in [2.05, 4.69) is 5.32 Å². The zero-order chi connectivity index (χ0) is 24.6. The number of carbonyl (C=O) groups is 2. The zero-order valence-corrected chi connectivity index (χ0v) is 19.0. The van der Waals surface area contributed by atoms with E-state index in [9.17, 15) is 22.8 Å². The van der Waals surface area contributed by atoms with Crippen LogP contribution in [0.3, 0.4) is 0 Å². The summed E-state index contributed by atoms with van der Waals surface area (Å²) in [5.74, 6) is -0.837. The highest BCUT2D eigenvalue weighted by molar-refractivity contribution is 6.00. The third kappa shape index (κ3) is 4.89. The normalized spacial score (nSPS) is 16.3. The van der Waals surface area contributed by atoms with E-state index >= 15 is 0 Å². The van der Waals surface area contributed by atoms with E-state index in [1.54, 1.807) is 36.2 Å². The van der Waals surface area contributed by atoms with Crippen molar-refractivity contribution in [3.63, 3.8) is 0 Å². The molecule has 4 rings (SSSR count). The smallest absolute Gasteiger partial charge is 0.416 e. The number of hydrogen-bond donors (Lipinski definition) is 2. The molecule has 182 valence electrons. The molecule has 9 heteroatoms. The van der Waals surface area contributed by atoms with Crippen LogP contribution in [0.1, 0.15) is 53.0 Å². The van der Waals surface area contributed by atoms with Crippen molar-refractivity contribution in [3.05, 3.63) is 58.1 Å². The first-order valence-electron chi connectivity index (χ1n) is 11.3. The van der Waals surface area contributed by atoms with Gasteiger partial charge in [0.05, 0.1) is 18.0 Å². The molecule has 0 spiro atoms. The van der Waals surface area contributed by atoms with Crippen molar-refractivity contribution in [3.8, 4) is 5.75 Å². The molecule has 2 N–H and O–H groups in total. The highest BCUT2D eigenvalue weighted by Crippen LogP contribution is 2.46. The first kappa shape index (κ1) is 24.1. The molecule has 1 aliphatic heterocycles. The summed E-state index contributed by atoms with van der Waals surface area (Å²) in [5, 5.41) is 11.8. The van der Waals surface area contributed by atoms with Crippen molar-refractivity contribution in [2.24, 2.45) is 0 Å². The van der Waals surface area contributed by atoms with Crippen LogP contribution in [-0.4, -0.2) is 36.6 Å². The second-order valence-electron chi connectivity index (χ2n) is 8.85. The molecule has 0 radical (unpaired) electrons. The summed E-state index contributed by atoms with van der Waals surface area (Å²) in [4.78, 5) is 25.5. The van der Waals surface area contributed by atoms with Gasteiger partial charge in [0.25, 0.3) is 0 Å². The van der Waals surface area contributed by atoms with Crippen molar-refractivity contribution in [1.82, 2.24) is 5.32 Å². The fourth-order valence-corrected chi connectivity index (χ4v) is 4.54. The Bertz CT molecular complexity index is 1110. The van der Waals surface area contributed by atoms with Crippen LogP contribution >= 0.6 is 0 Å². The highest BCUT2D eigenvalue weighted by atomic mass is 19.4. The molecule has 1 atom stereocenters. The lowest BCUT2D eigenvalue weighted by molar-refractivity contribution is -0.139. The molecule has 2 aliphatic rings. The largest absolute Gasteiger partial charge is 0.489 e. The van der Waals surface area contributed by atoms with Crippen LogP contribution in [0.2, 0.25) is 0 Å². The van der Waals surface area contributed by atoms with Gasteiger partial charge in [-0.1, -0.05) is 12.1 Å². The summed E-state index contributed by atoms with van der Waals surface area (Å²) < 4.78 is 46.5. The monoisotopic (exact) mass is 476 g/mol. The Balaban J connectivity index is 1.50. The van der Waals surface area contributed by atoms with Crippen LogP contribution in [0, 0.1) is 6.92 Å². The standard InChI is InChI=1S/C25H27F3N2O4/c1-14-17-9-10-30(24(33)20(29-2)12-23(31)32)21(17)7-8-22(14)34-13-15-3-6-18(16-4-5-16)19(11-15)25(26,27)28/h3,6-8,11,16,20,29H,4-5,9-10,12-13H2,1-2H3,(H,31,32)/t20-/m1/s1. The zero-order valence-electron chi connectivity index (χ0n) is 19.0. The maximum absolute atomic E-state index is 13.5. The summed E-state index contributed by atoms with van der Waals surface area (Å²) in [6.07, 6.45) is -2.56. The maximum atomic E-state index is 13.5. The van der Waals surface area contributed by atoms with Crippen LogP contribution in [0.5, 0.6) is 5.75 Å². The summed E-state index contributed by atoms with van der Waals surface area (Å²) >= 11 is 0. The molecule has 0 saturated heterocycles. The Morgan fingerprint density at radius 2 is 1.97 bits per heavy atom. The number of nitrogens with one attached hydrogen (secondary N) is 1. The van der Waals surface area contributed by atoms with Crippen LogP contribution in [0.15, 0.2) is 30.3 Å². The minimum Gasteiger partial charge on any atom is -0.489 e. The minimum atomic E-state index is -4.40. The van der Waals surface area contributed by atoms with Crippen molar-refractivity contribution >= 4 is 17.6 Å². The molecule has 2 aromatic rings. The predicted molar refractivity (Wildman–Crippen MR) is 120 cm³/mol. The van der Waals surface area contributed by atoms with Gasteiger partial charge in [0.1, 0.15) is 12.4 Å². The summed E-state index contributed by atoms with van der Waals surface area (Å²) in [6, 6.07) is 7.04. The van der Waals surface area contributed by atoms with Gasteiger partial charge in [0.2, 0.25) is 5.91 Å². The first-order chi connectivity index (χ1) is 16.1. The van der Waals surface area contributed by atoms with Gasteiger partial charge in [-0.05, 0) is 79.6 Å². The molecule has 1 aliphatic carbocycles. The van der Waals surface area contributed by atoms with Gasteiger partial charge in [-0.3, -0.25) is 9.59 Å². The lowest BCUT2D eigenvalue weighted by Gasteiger charge is -2.23. The van der Waals surface area contributed by atoms with Gasteiger partial charge in [0.15, 0.2) is 0 Å². The fraction of sp³-hybridized carbons (Fsp3) is 0.440. The van der Waals surface area contributed by atoms with Crippen LogP contribution in [0.25, 0.3) is 0 Å². The topological polar surface area (TPSA) is 78.9 Å². The van der Waals surface area contributed by atoms with E-state index < -0.39 is 23.8 Å². The van der Waals surface area contributed by atoms with Crippen LogP contribution in [0.4, 0.5) is 18.9 Å². The van der Waals surface area contributed by atoms with Crippen molar-refractivity contribution in [2.75, 3.05) is 18.5 Å². The Labute approximate surface area is 195 Å². The second-order valence-corrected chi connectivity index (χ2v) is 8.85. The quantitative estimate of drug-likeness (QED) is 0.590. The summed E-state index contributed by atoms with van der Waals surface area (Å²) in [5.41, 5.74) is 2.65. The van der Waals surface area contributed by atoms with E-state index in [1.165, 1.54) is 6.07 Å². The average Bonchev–Trinajstić information content (AvgIpc) is 3.54. The third-order valence-corrected chi connectivity index (χ3v) is 6.53. The van der Waals surface area contributed by atoms with Crippen LogP contribution in [-0.2, 0) is 28.8 Å². The lowest BCUT2D eigenvalue weighted by atomic mass is 10.00. The SMILES string of the molecule is CN[C@H](CC(=O)O)C(=O)N1CCc2c1ccc(OCc1ccc(C3CC3)c(C(F)(F)F)c1)c2C. The summed E-state index contributed by atoms with van der Waals surface area (Å²) in [6.45, 7) is 2.27. The Morgan fingerprint density at radius 1 is 1.24 bits per heavy atom. The van der Waals surface area contributed by atoms with E-state index in [0.29, 0.717) is 35.5 Å². The van der Waals surface area contributed by atoms with E-state index in [4.69, 9.17) is 9.84 Å². The van der Waals surface area contributed by atoms with E-state index in [-0.39, 0.29) is 24.9 Å². The van der Waals surface area contributed by atoms with E-state index in [1.807, 2.05) is 6.92 Å². The number of carboxylic acids is 1. The number of fused-ring (bicyclic) bond motifs is 1. The molecular formula is C25H27F3N2O4. The molecule has 0 bridgehead atoms. The number of amides is 1. The molecular weight excluding hydrogens is 449 g/mol. The number of anilines is 1. The number of benzene rings is 2. The number of aliphatic carboxylic acids is 1. The number of likely N-dealkylation sites (N-methyl/N-ethyl adjacent to an activating group) is 1. The van der Waals surface area contributed by atoms with Gasteiger partial charge >= 0.3 is 12.1 Å². The summed E-state index contributed by atoms with van der Waals surface area (Å²) in [7, 11) is 1.55. The van der Waals surface area contributed by atoms with Gasteiger partial charge < -0.3 is 20.1 Å². The Kier molecular flexibility index (Phi) is 6.58. The van der Waals surface area contributed by atoms with Gasteiger partial charge in [-0.2, -0.15) is 13.2 Å². The Morgan fingerprint density at radius 3 is 2.59 bits per heavy atom. The molecule has 0 aromatic heterocycles. The third-order valence-electron chi connectivity index (χ3n) is 6.53.